The minimum absolute atomic E-state index is 0.00509. The Balaban J connectivity index is 1.70. The zero-order valence-corrected chi connectivity index (χ0v) is 16.7. The van der Waals surface area contributed by atoms with E-state index < -0.39 is 41.1 Å². The van der Waals surface area contributed by atoms with Crippen LogP contribution >= 0.6 is 0 Å². The Labute approximate surface area is 180 Å². The summed E-state index contributed by atoms with van der Waals surface area (Å²) in [4.78, 5) is 40.4. The highest BCUT2D eigenvalue weighted by Gasteiger charge is 2.29. The first-order valence-corrected chi connectivity index (χ1v) is 9.62. The number of nitrogens with one attached hydrogen (secondary N) is 1. The number of rotatable bonds is 6. The van der Waals surface area contributed by atoms with Gasteiger partial charge in [0.2, 0.25) is 0 Å². The molecule has 0 unspecified atom stereocenters. The van der Waals surface area contributed by atoms with Gasteiger partial charge in [-0.15, -0.1) is 0 Å². The highest BCUT2D eigenvalue weighted by molar-refractivity contribution is 5.98. The number of carbonyl (C=O) groups is 2. The number of aromatic nitrogens is 2. The van der Waals surface area contributed by atoms with E-state index in [-0.39, 0.29) is 19.8 Å². The largest absolute Gasteiger partial charge is 0.506 e. The van der Waals surface area contributed by atoms with Gasteiger partial charge >= 0.3 is 5.97 Å². The number of halogens is 1. The number of fused-ring (bicyclic) bond motifs is 1. The van der Waals surface area contributed by atoms with Crippen molar-refractivity contribution in [2.45, 2.75) is 19.8 Å². The summed E-state index contributed by atoms with van der Waals surface area (Å²) in [7, 11) is 0. The van der Waals surface area contributed by atoms with E-state index in [0.717, 1.165) is 0 Å². The van der Waals surface area contributed by atoms with Gasteiger partial charge in [-0.05, 0) is 23.8 Å². The second-order valence-corrected chi connectivity index (χ2v) is 7.14. The number of aliphatic carboxylic acids is 1. The van der Waals surface area contributed by atoms with Gasteiger partial charge in [0, 0.05) is 17.3 Å². The monoisotopic (exact) mass is 439 g/mol. The number of aromatic hydroxyl groups is 1. The molecule has 4 rings (SSSR count). The van der Waals surface area contributed by atoms with Crippen LogP contribution in [-0.2, 0) is 29.3 Å². The Bertz CT molecular complexity index is 1270. The fraction of sp³-hybridized carbons (Fsp3) is 0.182. The minimum atomic E-state index is -1.29. The SMILES string of the molecule is O=C(O)CNC(=O)c1c(O)c2c(n(Cc3ccc(-c4ccccc4F)nc3)c1=O)COC2. The Kier molecular flexibility index (Phi) is 5.69. The minimum Gasteiger partial charge on any atom is -0.506 e. The third kappa shape index (κ3) is 3.95. The third-order valence-corrected chi connectivity index (χ3v) is 5.08. The van der Waals surface area contributed by atoms with Gasteiger partial charge in [0.1, 0.15) is 23.7 Å². The van der Waals surface area contributed by atoms with Crippen LogP contribution in [-0.4, -0.2) is 38.2 Å². The van der Waals surface area contributed by atoms with E-state index in [9.17, 15) is 23.9 Å². The van der Waals surface area contributed by atoms with Crippen molar-refractivity contribution in [1.29, 1.82) is 0 Å². The molecule has 1 aromatic carbocycles. The van der Waals surface area contributed by atoms with Crippen LogP contribution in [0.4, 0.5) is 4.39 Å². The molecule has 3 aromatic rings. The zero-order chi connectivity index (χ0) is 22.8. The molecule has 164 valence electrons. The predicted molar refractivity (Wildman–Crippen MR) is 110 cm³/mol. The molecule has 1 amide bonds. The van der Waals surface area contributed by atoms with Crippen LogP contribution in [0.5, 0.6) is 5.75 Å². The van der Waals surface area contributed by atoms with Crippen molar-refractivity contribution in [2.24, 2.45) is 0 Å². The lowest BCUT2D eigenvalue weighted by molar-refractivity contribution is -0.135. The van der Waals surface area contributed by atoms with Gasteiger partial charge in [0.15, 0.2) is 0 Å². The van der Waals surface area contributed by atoms with Gasteiger partial charge in [-0.25, -0.2) is 4.39 Å². The van der Waals surface area contributed by atoms with Crippen molar-refractivity contribution in [3.63, 3.8) is 0 Å². The van der Waals surface area contributed by atoms with Crippen LogP contribution in [0.3, 0.4) is 0 Å². The molecule has 2 aromatic heterocycles. The van der Waals surface area contributed by atoms with E-state index in [1.54, 1.807) is 30.3 Å². The molecule has 0 bridgehead atoms. The number of carbonyl (C=O) groups excluding carboxylic acids is 1. The number of carboxylic acid groups (broad SMARTS) is 1. The zero-order valence-electron chi connectivity index (χ0n) is 16.7. The van der Waals surface area contributed by atoms with Gasteiger partial charge < -0.3 is 24.8 Å². The van der Waals surface area contributed by atoms with E-state index in [4.69, 9.17) is 9.84 Å². The van der Waals surface area contributed by atoms with Crippen LogP contribution in [0.1, 0.15) is 27.2 Å². The summed E-state index contributed by atoms with van der Waals surface area (Å²) < 4.78 is 20.6. The van der Waals surface area contributed by atoms with E-state index in [1.165, 1.54) is 16.8 Å². The Morgan fingerprint density at radius 2 is 1.97 bits per heavy atom. The summed E-state index contributed by atoms with van der Waals surface area (Å²) in [6.07, 6.45) is 1.49. The van der Waals surface area contributed by atoms with Crippen LogP contribution in [0.25, 0.3) is 11.3 Å². The van der Waals surface area contributed by atoms with Gasteiger partial charge in [-0.2, -0.15) is 0 Å². The molecule has 32 heavy (non-hydrogen) atoms. The van der Waals surface area contributed by atoms with Crippen molar-refractivity contribution < 1.29 is 28.9 Å². The van der Waals surface area contributed by atoms with Gasteiger partial charge in [0.05, 0.1) is 31.1 Å². The standard InChI is InChI=1S/C22H18FN3O6/c23-15-4-2-1-3-13(15)16-6-5-12(7-24-16)9-26-17-11-32-10-14(17)20(29)19(22(26)31)21(30)25-8-18(27)28/h1-7,29H,8-11H2,(H,25,30)(H,27,28). The maximum atomic E-state index is 14.0. The molecule has 0 fully saturated rings. The van der Waals surface area contributed by atoms with E-state index in [2.05, 4.69) is 10.3 Å². The van der Waals surface area contributed by atoms with Crippen molar-refractivity contribution in [3.8, 4) is 17.0 Å². The Hall–Kier alpha value is -4.05. The Morgan fingerprint density at radius 3 is 2.66 bits per heavy atom. The lowest BCUT2D eigenvalue weighted by Crippen LogP contribution is -2.37. The molecular weight excluding hydrogens is 421 g/mol. The highest BCUT2D eigenvalue weighted by atomic mass is 19.1. The van der Waals surface area contributed by atoms with E-state index >= 15 is 0 Å². The molecule has 0 spiro atoms. The first-order chi connectivity index (χ1) is 15.4. The summed E-state index contributed by atoms with van der Waals surface area (Å²) in [5.41, 5.74) is 0.740. The van der Waals surface area contributed by atoms with Crippen molar-refractivity contribution in [2.75, 3.05) is 6.54 Å². The molecule has 0 saturated heterocycles. The van der Waals surface area contributed by atoms with Crippen LogP contribution in [0.15, 0.2) is 47.4 Å². The average Bonchev–Trinajstić information content (AvgIpc) is 3.26. The number of pyridine rings is 2. The second kappa shape index (κ2) is 8.60. The van der Waals surface area contributed by atoms with Crippen molar-refractivity contribution in [3.05, 3.63) is 81.2 Å². The smallest absolute Gasteiger partial charge is 0.322 e. The molecule has 0 saturated carbocycles. The number of benzene rings is 1. The predicted octanol–water partition coefficient (Wildman–Crippen LogP) is 1.65. The normalized spacial score (nSPS) is 12.4. The molecule has 3 N–H and O–H groups in total. The molecule has 0 atom stereocenters. The van der Waals surface area contributed by atoms with Gasteiger partial charge in [-0.3, -0.25) is 19.4 Å². The molecule has 9 nitrogen and oxygen atoms in total. The topological polar surface area (TPSA) is 131 Å². The summed E-state index contributed by atoms with van der Waals surface area (Å²) in [6.45, 7) is -0.609. The molecule has 1 aliphatic rings. The molecule has 3 heterocycles. The number of hydrogen-bond donors (Lipinski definition) is 3. The second-order valence-electron chi connectivity index (χ2n) is 7.14. The maximum Gasteiger partial charge on any atom is 0.322 e. The summed E-state index contributed by atoms with van der Waals surface area (Å²) in [5, 5.41) is 21.3. The molecule has 10 heteroatoms. The number of amides is 1. The van der Waals surface area contributed by atoms with Crippen molar-refractivity contribution >= 4 is 11.9 Å². The van der Waals surface area contributed by atoms with Gasteiger partial charge in [-0.1, -0.05) is 18.2 Å². The van der Waals surface area contributed by atoms with E-state index in [1.807, 2.05) is 0 Å². The van der Waals surface area contributed by atoms with Crippen LogP contribution < -0.4 is 10.9 Å². The number of ether oxygens (including phenoxy) is 1. The number of nitrogens with zero attached hydrogens (tertiary/aromatic N) is 2. The lowest BCUT2D eigenvalue weighted by atomic mass is 10.1. The fourth-order valence-corrected chi connectivity index (χ4v) is 3.52. The summed E-state index contributed by atoms with van der Waals surface area (Å²) >= 11 is 0. The first kappa shape index (κ1) is 21.2. The lowest BCUT2D eigenvalue weighted by Gasteiger charge is -2.15. The Morgan fingerprint density at radius 1 is 1.19 bits per heavy atom. The van der Waals surface area contributed by atoms with Crippen molar-refractivity contribution in [1.82, 2.24) is 14.9 Å². The summed E-state index contributed by atoms with van der Waals surface area (Å²) in [5.74, 6) is -3.21. The molecule has 0 radical (unpaired) electrons. The van der Waals surface area contributed by atoms with Crippen LogP contribution in [0, 0.1) is 5.82 Å². The average molecular weight is 439 g/mol. The number of carboxylic acids is 1. The molecular formula is C22H18FN3O6. The molecule has 0 aliphatic carbocycles. The van der Waals surface area contributed by atoms with E-state index in [0.29, 0.717) is 28.1 Å². The van der Waals surface area contributed by atoms with Gasteiger partial charge in [0.25, 0.3) is 11.5 Å². The summed E-state index contributed by atoms with van der Waals surface area (Å²) in [6, 6.07) is 9.52. The molecule has 1 aliphatic heterocycles. The quantitative estimate of drug-likeness (QED) is 0.532. The number of hydrogen-bond acceptors (Lipinski definition) is 6. The maximum absolute atomic E-state index is 14.0. The van der Waals surface area contributed by atoms with Crippen LogP contribution in [0.2, 0.25) is 0 Å². The highest BCUT2D eigenvalue weighted by Crippen LogP contribution is 2.30. The third-order valence-electron chi connectivity index (χ3n) is 5.08. The fourth-order valence-electron chi connectivity index (χ4n) is 3.52. The first-order valence-electron chi connectivity index (χ1n) is 9.62.